The number of aliphatic hydroxyl groups excluding tert-OH is 2. The Balaban J connectivity index is 1.32. The van der Waals surface area contributed by atoms with Crippen LogP contribution in [0.1, 0.15) is 95.8 Å². The first-order valence-electron chi connectivity index (χ1n) is 19.2. The Hall–Kier alpha value is -3.57. The first kappa shape index (κ1) is 40.1. The quantitative estimate of drug-likeness (QED) is 0.0938. The minimum Gasteiger partial charge on any atom is -0.393 e. The fourth-order valence-electron chi connectivity index (χ4n) is 8.56. The van der Waals surface area contributed by atoms with Gasteiger partial charge in [0, 0.05) is 41.1 Å². The third-order valence-electron chi connectivity index (χ3n) is 11.7. The molecule has 1 saturated carbocycles. The summed E-state index contributed by atoms with van der Waals surface area (Å²) in [5.74, 6) is -2.77. The lowest BCUT2D eigenvalue weighted by molar-refractivity contribution is -0.0905. The van der Waals surface area contributed by atoms with Gasteiger partial charge in [0.05, 0.1) is 31.0 Å². The van der Waals surface area contributed by atoms with Gasteiger partial charge in [-0.2, -0.15) is 0 Å². The van der Waals surface area contributed by atoms with Crippen LogP contribution in [-0.4, -0.2) is 70.1 Å². The fraction of sp³-hybridized carbons (Fsp3) is 0.444. The summed E-state index contributed by atoms with van der Waals surface area (Å²) < 4.78 is 34.3. The highest BCUT2D eigenvalue weighted by Crippen LogP contribution is 2.59. The highest BCUT2D eigenvalue weighted by molar-refractivity contribution is 7.09. The topological polar surface area (TPSA) is 90.2 Å². The Bertz CT molecular complexity index is 1880. The molecular weight excluding hydrogens is 705 g/mol. The predicted molar refractivity (Wildman–Crippen MR) is 210 cm³/mol. The highest BCUT2D eigenvalue weighted by atomic mass is 32.1. The number of nitrogens with zero attached hydrogens (tertiary/aromatic N) is 1. The van der Waals surface area contributed by atoms with Crippen molar-refractivity contribution in [2.45, 2.75) is 95.5 Å². The molecule has 9 heteroatoms. The number of ketones is 1. The molecule has 3 N–H and O–H groups in total. The maximum atomic E-state index is 14.4. The Labute approximate surface area is 322 Å². The van der Waals surface area contributed by atoms with Crippen molar-refractivity contribution in [1.29, 1.82) is 0 Å². The zero-order valence-corrected chi connectivity index (χ0v) is 32.2. The van der Waals surface area contributed by atoms with E-state index >= 15 is 0 Å². The summed E-state index contributed by atoms with van der Waals surface area (Å²) in [6, 6.07) is 22.9. The van der Waals surface area contributed by atoms with Crippen molar-refractivity contribution in [3.63, 3.8) is 0 Å². The lowest BCUT2D eigenvalue weighted by Gasteiger charge is -2.46. The summed E-state index contributed by atoms with van der Waals surface area (Å²) in [4.78, 5) is 17.6. The molecule has 4 aromatic rings. The second kappa shape index (κ2) is 17.9. The van der Waals surface area contributed by atoms with Crippen molar-refractivity contribution < 1.29 is 33.6 Å². The van der Waals surface area contributed by atoms with Gasteiger partial charge < -0.3 is 20.1 Å². The van der Waals surface area contributed by atoms with Crippen molar-refractivity contribution in [3.8, 4) is 0 Å². The maximum absolute atomic E-state index is 14.4. The second-order valence-corrected chi connectivity index (χ2v) is 16.7. The van der Waals surface area contributed by atoms with Crippen molar-refractivity contribution in [3.05, 3.63) is 140 Å². The van der Waals surface area contributed by atoms with Crippen LogP contribution in [0.15, 0.2) is 95.9 Å². The van der Waals surface area contributed by atoms with Crippen LogP contribution in [0.3, 0.4) is 0 Å². The first-order valence-corrected chi connectivity index (χ1v) is 20.1. The first-order chi connectivity index (χ1) is 25.9. The third kappa shape index (κ3) is 9.62. The highest BCUT2D eigenvalue weighted by Gasteiger charge is 2.57. The van der Waals surface area contributed by atoms with E-state index in [1.54, 1.807) is 17.4 Å². The molecule has 0 aliphatic heterocycles. The van der Waals surface area contributed by atoms with Crippen molar-refractivity contribution in [2.75, 3.05) is 26.2 Å². The van der Waals surface area contributed by atoms with Crippen molar-refractivity contribution in [2.24, 2.45) is 5.41 Å². The zero-order valence-electron chi connectivity index (χ0n) is 31.4. The van der Waals surface area contributed by atoms with Crippen LogP contribution in [0.2, 0.25) is 0 Å². The minimum absolute atomic E-state index is 0.0470. The zero-order chi connectivity index (χ0) is 38.3. The largest absolute Gasteiger partial charge is 0.393 e. The summed E-state index contributed by atoms with van der Waals surface area (Å²) in [6.45, 7) is 6.03. The van der Waals surface area contributed by atoms with Gasteiger partial charge in [-0.25, -0.2) is 8.78 Å². The molecule has 7 rings (SSSR count). The Kier molecular flexibility index (Phi) is 13.3. The van der Waals surface area contributed by atoms with Crippen LogP contribution < -0.4 is 0 Å². The fourth-order valence-corrected chi connectivity index (χ4v) is 9.25. The van der Waals surface area contributed by atoms with E-state index in [0.717, 1.165) is 41.7 Å². The van der Waals surface area contributed by atoms with Gasteiger partial charge in [0.15, 0.2) is 17.4 Å². The molecule has 1 aromatic heterocycles. The lowest BCUT2D eigenvalue weighted by Crippen LogP contribution is -2.54. The molecule has 1 heterocycles. The lowest BCUT2D eigenvalue weighted by atomic mass is 9.64. The molecule has 5 atom stereocenters. The number of hydrogen-bond donors (Lipinski definition) is 3. The molecule has 1 fully saturated rings. The molecular formula is C45H53F2NO5S. The summed E-state index contributed by atoms with van der Waals surface area (Å²) in [6.07, 6.45) is 5.67. The van der Waals surface area contributed by atoms with Gasteiger partial charge in [-0.05, 0) is 117 Å². The number of ether oxygens (including phenoxy) is 1. The number of halogens is 2. The number of rotatable bonds is 13. The smallest absolute Gasteiger partial charge is 0.193 e. The van der Waals surface area contributed by atoms with E-state index < -0.39 is 40.6 Å². The van der Waals surface area contributed by atoms with E-state index in [1.807, 2.05) is 48.5 Å². The number of thiophene rings is 1. The van der Waals surface area contributed by atoms with Gasteiger partial charge in [0.2, 0.25) is 0 Å². The van der Waals surface area contributed by atoms with Crippen LogP contribution in [0.4, 0.5) is 8.78 Å². The van der Waals surface area contributed by atoms with Crippen LogP contribution in [0.5, 0.6) is 0 Å². The predicted octanol–water partition coefficient (Wildman–Crippen LogP) is 8.42. The Morgan fingerprint density at radius 1 is 1.02 bits per heavy atom. The number of carbonyl (C=O) groups excluding carboxylic acids is 1. The van der Waals surface area contributed by atoms with Crippen LogP contribution in [0.25, 0.3) is 0 Å². The number of hydrogen-bond acceptors (Lipinski definition) is 7. The Morgan fingerprint density at radius 3 is 2.59 bits per heavy atom. The van der Waals surface area contributed by atoms with E-state index in [4.69, 9.17) is 4.74 Å². The maximum Gasteiger partial charge on any atom is 0.193 e. The number of benzene rings is 3. The molecule has 0 saturated heterocycles. The number of aliphatic hydroxyl groups is 3. The summed E-state index contributed by atoms with van der Waals surface area (Å²) >= 11 is 1.69. The van der Waals surface area contributed by atoms with Gasteiger partial charge in [0.1, 0.15) is 0 Å². The summed E-state index contributed by atoms with van der Waals surface area (Å²) in [5.41, 5.74) is 2.31. The molecule has 6 nitrogen and oxygen atoms in total. The van der Waals surface area contributed by atoms with Gasteiger partial charge in [-0.15, -0.1) is 11.3 Å². The van der Waals surface area contributed by atoms with Gasteiger partial charge in [-0.1, -0.05) is 67.1 Å². The number of allylic oxidation sites excluding steroid dienone is 2. The molecule has 2 bridgehead atoms. The molecule has 0 amide bonds. The normalized spacial score (nSPS) is 23.9. The molecule has 3 aliphatic rings. The van der Waals surface area contributed by atoms with E-state index in [0.29, 0.717) is 70.3 Å². The Morgan fingerprint density at radius 2 is 1.83 bits per heavy atom. The number of carbonyl (C=O) groups is 1. The van der Waals surface area contributed by atoms with Gasteiger partial charge >= 0.3 is 0 Å². The molecule has 54 heavy (non-hydrogen) atoms. The summed E-state index contributed by atoms with van der Waals surface area (Å²) in [7, 11) is 0. The van der Waals surface area contributed by atoms with E-state index in [1.165, 1.54) is 16.5 Å². The molecule has 3 aliphatic carbocycles. The second-order valence-electron chi connectivity index (χ2n) is 15.6. The third-order valence-corrected chi connectivity index (χ3v) is 12.7. The molecule has 0 spiro atoms. The van der Waals surface area contributed by atoms with Crippen LogP contribution in [0, 0.1) is 17.0 Å². The number of fused-ring (bicyclic) bond motifs is 8. The monoisotopic (exact) mass is 757 g/mol. The molecule has 0 unspecified atom stereocenters. The van der Waals surface area contributed by atoms with E-state index in [9.17, 15) is 28.9 Å². The van der Waals surface area contributed by atoms with E-state index in [2.05, 4.69) is 36.3 Å². The average Bonchev–Trinajstić information content (AvgIpc) is 3.76. The van der Waals surface area contributed by atoms with Gasteiger partial charge in [-0.3, -0.25) is 9.69 Å². The van der Waals surface area contributed by atoms with Crippen LogP contribution >= 0.6 is 11.3 Å². The van der Waals surface area contributed by atoms with Crippen molar-refractivity contribution >= 4 is 17.1 Å². The van der Waals surface area contributed by atoms with Gasteiger partial charge in [0.25, 0.3) is 0 Å². The van der Waals surface area contributed by atoms with E-state index in [-0.39, 0.29) is 18.1 Å². The minimum atomic E-state index is -1.19. The standard InChI is InChI=1S/C45H53F2NO5S/c1-31-8-6-20-44(2)40(38-16-13-33(24-35(49)15-12-31)25-39(38)43(51)34-14-17-41(46)42(47)26-34)18-21-45(44,52)30-48(22-19-37-11-7-23-54-37)27-36(50)29-53-28-32-9-4-3-5-10-32/h3-5,7-11,13-14,16-17,23,25-26,35-36,40,49-50,52H,6,12,15,18-22,24,27-30H2,1-2H3/t35-,36+,40-,44-,45+/m0/s1. The molecule has 0 radical (unpaired) electrons. The average molecular weight is 758 g/mol. The van der Waals surface area contributed by atoms with Crippen LogP contribution in [-0.2, 0) is 24.2 Å². The SMILES string of the molecule is CC1=CCC[C@@]2(C)[C@@H](CC[C@@]2(O)CN(CCc2cccs2)C[C@@H](O)COCc2ccccc2)c2ccc(cc2C(=O)c2ccc(F)c(F)c2)C[C@@H](O)CC1. The summed E-state index contributed by atoms with van der Waals surface area (Å²) in [5, 5.41) is 37.2. The van der Waals surface area contributed by atoms with Crippen molar-refractivity contribution in [1.82, 2.24) is 4.90 Å². The molecule has 288 valence electrons. The molecule has 3 aromatic carbocycles.